The fraction of sp³-hybridized carbons (Fsp3) is 0.125. The number of aliphatic hydroxyl groups is 1. The van der Waals surface area contributed by atoms with Crippen molar-refractivity contribution in [2.45, 2.75) is 13.5 Å². The van der Waals surface area contributed by atoms with Gasteiger partial charge in [-0.2, -0.15) is 5.10 Å². The molecule has 0 spiro atoms. The molecule has 0 fully saturated rings. The van der Waals surface area contributed by atoms with Crippen molar-refractivity contribution in [3.63, 3.8) is 0 Å². The molecule has 6 heteroatoms. The summed E-state index contributed by atoms with van der Waals surface area (Å²) in [5, 5.41) is 23.5. The van der Waals surface area contributed by atoms with Crippen molar-refractivity contribution in [1.29, 1.82) is 0 Å². The molecule has 0 unspecified atom stereocenters. The number of aromatic hydroxyl groups is 1. The quantitative estimate of drug-likeness (QED) is 0.598. The molecule has 0 atom stereocenters. The zero-order valence-corrected chi connectivity index (χ0v) is 12.6. The normalized spacial score (nSPS) is 10.9. The lowest BCUT2D eigenvalue weighted by molar-refractivity contribution is 0.0955. The fourth-order valence-corrected chi connectivity index (χ4v) is 2.08. The molecule has 0 saturated carbocycles. The average Bonchev–Trinajstić information content (AvgIpc) is 2.51. The van der Waals surface area contributed by atoms with E-state index in [-0.39, 0.29) is 12.4 Å². The minimum Gasteiger partial charge on any atom is -0.507 e. The molecule has 22 heavy (non-hydrogen) atoms. The molecular weight excluding hydrogens is 304 g/mol. The molecular formula is C16H15ClN2O3. The molecule has 2 aromatic rings. The molecule has 0 radical (unpaired) electrons. The highest BCUT2D eigenvalue weighted by atomic mass is 35.5. The maximum Gasteiger partial charge on any atom is 0.271 e. The van der Waals surface area contributed by atoms with Crippen LogP contribution in [0.15, 0.2) is 41.5 Å². The fourth-order valence-electron chi connectivity index (χ4n) is 1.89. The van der Waals surface area contributed by atoms with Crippen molar-refractivity contribution < 1.29 is 15.0 Å². The van der Waals surface area contributed by atoms with Gasteiger partial charge in [-0.3, -0.25) is 4.79 Å². The first kappa shape index (κ1) is 16.0. The van der Waals surface area contributed by atoms with Crippen molar-refractivity contribution in [2.75, 3.05) is 0 Å². The van der Waals surface area contributed by atoms with Crippen LogP contribution < -0.4 is 5.43 Å². The first-order valence-corrected chi connectivity index (χ1v) is 6.92. The molecule has 5 nitrogen and oxygen atoms in total. The number of phenols is 1. The number of carbonyl (C=O) groups is 1. The summed E-state index contributed by atoms with van der Waals surface area (Å²) in [5.74, 6) is -0.399. The van der Waals surface area contributed by atoms with Crippen LogP contribution in [-0.4, -0.2) is 22.3 Å². The average molecular weight is 319 g/mol. The molecule has 0 aromatic heterocycles. The van der Waals surface area contributed by atoms with E-state index in [0.29, 0.717) is 27.3 Å². The van der Waals surface area contributed by atoms with Crippen LogP contribution in [0.5, 0.6) is 5.75 Å². The van der Waals surface area contributed by atoms with E-state index in [0.717, 1.165) is 0 Å². The summed E-state index contributed by atoms with van der Waals surface area (Å²) in [6.45, 7) is 1.50. The molecule has 2 rings (SSSR count). The van der Waals surface area contributed by atoms with Gasteiger partial charge in [-0.05, 0) is 36.2 Å². The van der Waals surface area contributed by atoms with Gasteiger partial charge >= 0.3 is 0 Å². The number of hydrogen-bond acceptors (Lipinski definition) is 4. The van der Waals surface area contributed by atoms with E-state index in [1.165, 1.54) is 12.3 Å². The topological polar surface area (TPSA) is 81.9 Å². The largest absolute Gasteiger partial charge is 0.507 e. The lowest BCUT2D eigenvalue weighted by atomic mass is 10.0. The number of nitrogens with zero attached hydrogens (tertiary/aromatic N) is 1. The molecule has 114 valence electrons. The molecule has 0 saturated heterocycles. The van der Waals surface area contributed by atoms with E-state index in [2.05, 4.69) is 10.5 Å². The maximum atomic E-state index is 11.9. The van der Waals surface area contributed by atoms with Crippen molar-refractivity contribution in [3.05, 3.63) is 63.7 Å². The number of carbonyl (C=O) groups excluding carboxylic acids is 1. The van der Waals surface area contributed by atoms with Gasteiger partial charge in [0.05, 0.1) is 12.8 Å². The predicted molar refractivity (Wildman–Crippen MR) is 85.3 cm³/mol. The Kier molecular flexibility index (Phi) is 5.14. The summed E-state index contributed by atoms with van der Waals surface area (Å²) in [4.78, 5) is 11.9. The van der Waals surface area contributed by atoms with E-state index in [9.17, 15) is 15.0 Å². The number of nitrogens with one attached hydrogen (secondary N) is 1. The Balaban J connectivity index is 2.16. The highest BCUT2D eigenvalue weighted by Gasteiger charge is 2.09. The molecule has 3 N–H and O–H groups in total. The number of aliphatic hydroxyl groups excluding tert-OH is 1. The number of amides is 1. The summed E-state index contributed by atoms with van der Waals surface area (Å²) in [6, 6.07) is 9.85. The predicted octanol–water partition coefficient (Wildman–Crippen LogP) is 2.61. The van der Waals surface area contributed by atoms with Gasteiger partial charge in [0.2, 0.25) is 0 Å². The summed E-state index contributed by atoms with van der Waals surface area (Å²) in [6.07, 6.45) is 1.30. The van der Waals surface area contributed by atoms with Gasteiger partial charge in [-0.25, -0.2) is 5.43 Å². The Morgan fingerprint density at radius 1 is 1.36 bits per heavy atom. The Labute approximate surface area is 132 Å². The SMILES string of the molecule is Cc1ccc(CO)c(C=NNC(=O)c2cccc(Cl)c2)c1O. The third-order valence-electron chi connectivity index (χ3n) is 3.13. The Morgan fingerprint density at radius 2 is 2.14 bits per heavy atom. The highest BCUT2D eigenvalue weighted by molar-refractivity contribution is 6.30. The first-order valence-electron chi connectivity index (χ1n) is 6.54. The van der Waals surface area contributed by atoms with Crippen molar-refractivity contribution in [3.8, 4) is 5.75 Å². The Morgan fingerprint density at radius 3 is 2.82 bits per heavy atom. The van der Waals surface area contributed by atoms with Crippen LogP contribution >= 0.6 is 11.6 Å². The highest BCUT2D eigenvalue weighted by Crippen LogP contribution is 2.24. The second-order valence-electron chi connectivity index (χ2n) is 4.67. The molecule has 2 aromatic carbocycles. The molecule has 1 amide bonds. The molecule has 0 bridgehead atoms. The lowest BCUT2D eigenvalue weighted by Gasteiger charge is -2.08. The van der Waals surface area contributed by atoms with E-state index in [1.54, 1.807) is 37.3 Å². The number of aryl methyl sites for hydroxylation is 1. The van der Waals surface area contributed by atoms with Crippen LogP contribution in [0.4, 0.5) is 0 Å². The van der Waals surface area contributed by atoms with Gasteiger partial charge in [0.15, 0.2) is 0 Å². The Hall–Kier alpha value is -2.37. The minimum absolute atomic E-state index is 0.0207. The van der Waals surface area contributed by atoms with Crippen LogP contribution in [0.3, 0.4) is 0 Å². The van der Waals surface area contributed by atoms with Crippen LogP contribution in [0.1, 0.15) is 27.0 Å². The van der Waals surface area contributed by atoms with Gasteiger partial charge in [-0.15, -0.1) is 0 Å². The number of halogens is 1. The Bertz CT molecular complexity index is 729. The summed E-state index contributed by atoms with van der Waals surface area (Å²) in [5.41, 5.74) is 4.27. The monoisotopic (exact) mass is 318 g/mol. The molecule has 0 heterocycles. The second kappa shape index (κ2) is 7.06. The van der Waals surface area contributed by atoms with Crippen molar-refractivity contribution >= 4 is 23.7 Å². The lowest BCUT2D eigenvalue weighted by Crippen LogP contribution is -2.17. The first-order chi connectivity index (χ1) is 10.5. The summed E-state index contributed by atoms with van der Waals surface area (Å²) < 4.78 is 0. The molecule has 0 aliphatic rings. The number of benzene rings is 2. The van der Waals surface area contributed by atoms with Crippen LogP contribution in [0.25, 0.3) is 0 Å². The third kappa shape index (κ3) is 3.63. The van der Waals surface area contributed by atoms with Crippen molar-refractivity contribution in [1.82, 2.24) is 5.43 Å². The van der Waals surface area contributed by atoms with Gasteiger partial charge in [0.1, 0.15) is 5.75 Å². The zero-order chi connectivity index (χ0) is 16.1. The van der Waals surface area contributed by atoms with Gasteiger partial charge in [0, 0.05) is 16.1 Å². The standard InChI is InChI=1S/C16H15ClN2O3/c1-10-5-6-12(9-20)14(15(10)21)8-18-19-16(22)11-3-2-4-13(17)7-11/h2-8,20-21H,9H2,1H3,(H,19,22). The van der Waals surface area contributed by atoms with Crippen LogP contribution in [-0.2, 0) is 6.61 Å². The minimum atomic E-state index is -0.420. The van der Waals surface area contributed by atoms with Crippen LogP contribution in [0, 0.1) is 6.92 Å². The third-order valence-corrected chi connectivity index (χ3v) is 3.36. The molecule has 0 aliphatic heterocycles. The van der Waals surface area contributed by atoms with E-state index in [1.807, 2.05) is 0 Å². The number of hydrogen-bond donors (Lipinski definition) is 3. The summed E-state index contributed by atoms with van der Waals surface area (Å²) >= 11 is 5.82. The van der Waals surface area contributed by atoms with Gasteiger partial charge < -0.3 is 10.2 Å². The van der Waals surface area contributed by atoms with Gasteiger partial charge in [-0.1, -0.05) is 29.8 Å². The van der Waals surface area contributed by atoms with Crippen molar-refractivity contribution in [2.24, 2.45) is 5.10 Å². The van der Waals surface area contributed by atoms with E-state index >= 15 is 0 Å². The zero-order valence-electron chi connectivity index (χ0n) is 11.9. The summed E-state index contributed by atoms with van der Waals surface area (Å²) in [7, 11) is 0. The smallest absolute Gasteiger partial charge is 0.271 e. The van der Waals surface area contributed by atoms with E-state index in [4.69, 9.17) is 11.6 Å². The number of rotatable bonds is 4. The second-order valence-corrected chi connectivity index (χ2v) is 5.11. The van der Waals surface area contributed by atoms with E-state index < -0.39 is 5.91 Å². The van der Waals surface area contributed by atoms with Crippen LogP contribution in [0.2, 0.25) is 5.02 Å². The number of phenolic OH excluding ortho intramolecular Hbond substituents is 1. The van der Waals surface area contributed by atoms with Gasteiger partial charge in [0.25, 0.3) is 5.91 Å². The maximum absolute atomic E-state index is 11.9. The number of hydrazone groups is 1. The molecule has 0 aliphatic carbocycles.